The molecule has 4 aromatic rings. The summed E-state index contributed by atoms with van der Waals surface area (Å²) in [7, 11) is 0. The van der Waals surface area contributed by atoms with Crippen molar-refractivity contribution in [3.8, 4) is 0 Å². The first-order valence-corrected chi connectivity index (χ1v) is 14.8. The van der Waals surface area contributed by atoms with E-state index in [0.717, 1.165) is 30.5 Å². The van der Waals surface area contributed by atoms with Crippen molar-refractivity contribution in [2.45, 2.75) is 69.6 Å². The summed E-state index contributed by atoms with van der Waals surface area (Å²) >= 11 is 1.83. The minimum absolute atomic E-state index is 0.0865. The first-order valence-electron chi connectivity index (χ1n) is 13.7. The number of hydrogen-bond donors (Lipinski definition) is 1. The van der Waals surface area contributed by atoms with Gasteiger partial charge in [0.1, 0.15) is 11.5 Å². The first kappa shape index (κ1) is 26.5. The Labute approximate surface area is 232 Å². The summed E-state index contributed by atoms with van der Waals surface area (Å²) in [5.41, 5.74) is 0.469. The van der Waals surface area contributed by atoms with Crippen LogP contribution < -0.4 is 22.3 Å². The van der Waals surface area contributed by atoms with Gasteiger partial charge < -0.3 is 9.73 Å². The van der Waals surface area contributed by atoms with Gasteiger partial charge in [-0.15, -0.1) is 0 Å². The van der Waals surface area contributed by atoms with Crippen molar-refractivity contribution < 1.29 is 13.6 Å². The fourth-order valence-electron chi connectivity index (χ4n) is 6.02. The first-order chi connectivity index (χ1) is 19.4. The number of nitrogens with one attached hydrogen (secondary N) is 1. The fraction of sp³-hybridized carbons (Fsp3) is 0.464. The SMILES string of the molecule is O=C(CCn1c(=O)oc2ccccc21)NC1CCC(n2c(=O)c3cc(F)cnc3n(C3CCSCC3)c2=O)CC1. The summed E-state index contributed by atoms with van der Waals surface area (Å²) in [6.07, 6.45) is 5.00. The van der Waals surface area contributed by atoms with E-state index in [4.69, 9.17) is 4.42 Å². The number of rotatable bonds is 6. The number of para-hydroxylation sites is 2. The summed E-state index contributed by atoms with van der Waals surface area (Å²) < 4.78 is 23.7. The number of amides is 1. The lowest BCUT2D eigenvalue weighted by Gasteiger charge is -2.31. The van der Waals surface area contributed by atoms with E-state index >= 15 is 0 Å². The Hall–Kier alpha value is -3.67. The molecule has 0 radical (unpaired) electrons. The van der Waals surface area contributed by atoms with Gasteiger partial charge in [-0.25, -0.2) is 19.0 Å². The Morgan fingerprint density at radius 2 is 1.75 bits per heavy atom. The molecule has 40 heavy (non-hydrogen) atoms. The molecule has 0 unspecified atom stereocenters. The number of aromatic nitrogens is 4. The van der Waals surface area contributed by atoms with Gasteiger partial charge in [-0.1, -0.05) is 12.1 Å². The van der Waals surface area contributed by atoms with Crippen LogP contribution in [0.3, 0.4) is 0 Å². The molecule has 4 heterocycles. The molecular weight excluding hydrogens is 537 g/mol. The number of halogens is 1. The summed E-state index contributed by atoms with van der Waals surface area (Å²) in [4.78, 5) is 56.2. The second-order valence-corrected chi connectivity index (χ2v) is 11.7. The predicted octanol–water partition coefficient (Wildman–Crippen LogP) is 3.36. The molecule has 10 nitrogen and oxygen atoms in total. The highest BCUT2D eigenvalue weighted by molar-refractivity contribution is 7.99. The Bertz CT molecular complexity index is 1740. The zero-order chi connectivity index (χ0) is 27.8. The van der Waals surface area contributed by atoms with Crippen LogP contribution in [0.25, 0.3) is 22.1 Å². The molecule has 1 N–H and O–H groups in total. The van der Waals surface area contributed by atoms with Crippen LogP contribution in [0.2, 0.25) is 0 Å². The van der Waals surface area contributed by atoms with Crippen molar-refractivity contribution in [2.24, 2.45) is 0 Å². The van der Waals surface area contributed by atoms with E-state index in [9.17, 15) is 23.6 Å². The van der Waals surface area contributed by atoms with Crippen LogP contribution in [0.15, 0.2) is 55.3 Å². The third kappa shape index (κ3) is 5.00. The number of fused-ring (bicyclic) bond motifs is 2. The molecule has 1 aliphatic carbocycles. The maximum atomic E-state index is 14.1. The lowest BCUT2D eigenvalue weighted by molar-refractivity contribution is -0.122. The van der Waals surface area contributed by atoms with Gasteiger partial charge in [0.15, 0.2) is 5.58 Å². The number of carbonyl (C=O) groups excluding carboxylic acids is 1. The monoisotopic (exact) mass is 567 g/mol. The summed E-state index contributed by atoms with van der Waals surface area (Å²) in [6, 6.07) is 7.72. The van der Waals surface area contributed by atoms with Crippen LogP contribution in [0.4, 0.5) is 4.39 Å². The number of pyridine rings is 1. The quantitative estimate of drug-likeness (QED) is 0.379. The predicted molar refractivity (Wildman–Crippen MR) is 150 cm³/mol. The molecule has 2 aliphatic rings. The third-order valence-corrected chi connectivity index (χ3v) is 9.09. The third-order valence-electron chi connectivity index (χ3n) is 8.04. The molecule has 0 bridgehead atoms. The summed E-state index contributed by atoms with van der Waals surface area (Å²) in [5, 5.41) is 3.15. The zero-order valence-corrected chi connectivity index (χ0v) is 22.7. The van der Waals surface area contributed by atoms with E-state index in [0.29, 0.717) is 36.8 Å². The molecule has 12 heteroatoms. The average molecular weight is 568 g/mol. The van der Waals surface area contributed by atoms with Gasteiger partial charge in [0.2, 0.25) is 5.91 Å². The zero-order valence-electron chi connectivity index (χ0n) is 21.9. The number of hydrogen-bond acceptors (Lipinski definition) is 7. The van der Waals surface area contributed by atoms with Crippen molar-refractivity contribution in [1.29, 1.82) is 0 Å². The van der Waals surface area contributed by atoms with Crippen LogP contribution in [0.1, 0.15) is 57.0 Å². The van der Waals surface area contributed by atoms with E-state index in [-0.39, 0.29) is 48.0 Å². The maximum absolute atomic E-state index is 14.1. The summed E-state index contributed by atoms with van der Waals surface area (Å²) in [5.74, 6) is 0.535. The fourth-order valence-corrected chi connectivity index (χ4v) is 7.10. The number of oxazole rings is 1. The molecule has 210 valence electrons. The van der Waals surface area contributed by atoms with Crippen LogP contribution in [-0.4, -0.2) is 42.1 Å². The van der Waals surface area contributed by atoms with Crippen molar-refractivity contribution in [3.05, 3.63) is 73.7 Å². The molecular formula is C28H30FN5O5S. The lowest BCUT2D eigenvalue weighted by Crippen LogP contribution is -2.46. The smallest absolute Gasteiger partial charge is 0.408 e. The molecule has 1 saturated carbocycles. The van der Waals surface area contributed by atoms with Crippen LogP contribution in [-0.2, 0) is 11.3 Å². The van der Waals surface area contributed by atoms with E-state index < -0.39 is 22.8 Å². The van der Waals surface area contributed by atoms with Crippen LogP contribution >= 0.6 is 11.8 Å². The van der Waals surface area contributed by atoms with Crippen LogP contribution in [0.5, 0.6) is 0 Å². The standard InChI is InChI=1S/C28H30FN5O5S/c29-17-15-21-25(30-16-17)33(20-10-13-40-14-11-20)27(37)34(26(21)36)19-7-5-18(6-8-19)31-24(35)9-12-32-22-3-1-2-4-23(22)39-28(32)38/h1-4,15-16,18-20H,5-14H2,(H,31,35). The lowest BCUT2D eigenvalue weighted by atomic mass is 9.90. The van der Waals surface area contributed by atoms with Gasteiger partial charge in [-0.2, -0.15) is 11.8 Å². The second-order valence-electron chi connectivity index (χ2n) is 10.5. The van der Waals surface area contributed by atoms with Gasteiger partial charge in [-0.3, -0.25) is 23.3 Å². The molecule has 1 amide bonds. The van der Waals surface area contributed by atoms with E-state index in [2.05, 4.69) is 10.3 Å². The normalized spacial score (nSPS) is 20.2. The molecule has 2 fully saturated rings. The highest BCUT2D eigenvalue weighted by Gasteiger charge is 2.29. The van der Waals surface area contributed by atoms with Gasteiger partial charge >= 0.3 is 11.4 Å². The molecule has 1 aromatic carbocycles. The highest BCUT2D eigenvalue weighted by Crippen LogP contribution is 2.30. The molecule has 1 saturated heterocycles. The van der Waals surface area contributed by atoms with Crippen molar-refractivity contribution >= 4 is 39.8 Å². The second kappa shape index (κ2) is 11.1. The number of aryl methyl sites for hydroxylation is 1. The largest absolute Gasteiger partial charge is 0.419 e. The Morgan fingerprint density at radius 1 is 1.02 bits per heavy atom. The van der Waals surface area contributed by atoms with Gasteiger partial charge in [0.25, 0.3) is 5.56 Å². The molecule has 3 aromatic heterocycles. The Kier molecular flexibility index (Phi) is 7.35. The molecule has 1 aliphatic heterocycles. The van der Waals surface area contributed by atoms with Gasteiger partial charge in [0, 0.05) is 31.1 Å². The van der Waals surface area contributed by atoms with Crippen molar-refractivity contribution in [3.63, 3.8) is 0 Å². The van der Waals surface area contributed by atoms with Crippen molar-refractivity contribution in [1.82, 2.24) is 24.0 Å². The Morgan fingerprint density at radius 3 is 2.52 bits per heavy atom. The summed E-state index contributed by atoms with van der Waals surface area (Å²) in [6.45, 7) is 0.202. The van der Waals surface area contributed by atoms with E-state index in [1.54, 1.807) is 22.8 Å². The highest BCUT2D eigenvalue weighted by atomic mass is 32.2. The maximum Gasteiger partial charge on any atom is 0.419 e. The number of nitrogens with zero attached hydrogens (tertiary/aromatic N) is 4. The number of thioether (sulfide) groups is 1. The van der Waals surface area contributed by atoms with E-state index in [1.165, 1.54) is 15.2 Å². The minimum Gasteiger partial charge on any atom is -0.408 e. The minimum atomic E-state index is -0.613. The molecule has 0 atom stereocenters. The van der Waals surface area contributed by atoms with Gasteiger partial charge in [-0.05, 0) is 68.2 Å². The number of carbonyl (C=O) groups is 1. The van der Waals surface area contributed by atoms with E-state index in [1.807, 2.05) is 17.8 Å². The average Bonchev–Trinajstić information content (AvgIpc) is 3.28. The number of benzene rings is 1. The topological polar surface area (TPSA) is 121 Å². The molecule has 0 spiro atoms. The Balaban J connectivity index is 1.16. The van der Waals surface area contributed by atoms with Crippen LogP contribution in [0, 0.1) is 5.82 Å². The van der Waals surface area contributed by atoms with Crippen molar-refractivity contribution in [2.75, 3.05) is 11.5 Å². The molecule has 6 rings (SSSR count). The van der Waals surface area contributed by atoms with Gasteiger partial charge in [0.05, 0.1) is 17.1 Å².